The van der Waals surface area contributed by atoms with Crippen molar-refractivity contribution in [2.24, 2.45) is 5.41 Å². The van der Waals surface area contributed by atoms with Crippen LogP contribution in [0.1, 0.15) is 37.1 Å². The Hall–Kier alpha value is -2.54. The van der Waals surface area contributed by atoms with Crippen LogP contribution >= 0.6 is 11.3 Å². The minimum Gasteiger partial charge on any atom is -0.466 e. The van der Waals surface area contributed by atoms with Gasteiger partial charge in [-0.1, -0.05) is 0 Å². The van der Waals surface area contributed by atoms with E-state index in [1.165, 1.54) is 22.2 Å². The van der Waals surface area contributed by atoms with Gasteiger partial charge in [-0.15, -0.1) is 11.3 Å². The smallest absolute Gasteiger partial charge is 0.313 e. The fourth-order valence-electron chi connectivity index (χ4n) is 4.44. The Morgan fingerprint density at radius 3 is 3.03 bits per heavy atom. The van der Waals surface area contributed by atoms with E-state index in [-0.39, 0.29) is 5.97 Å². The van der Waals surface area contributed by atoms with E-state index in [1.54, 1.807) is 23.7 Å². The molecular weight excluding hydrogens is 384 g/mol. The van der Waals surface area contributed by atoms with Gasteiger partial charge in [0.15, 0.2) is 5.82 Å². The van der Waals surface area contributed by atoms with Gasteiger partial charge in [-0.05, 0) is 57.2 Å². The zero-order valence-corrected chi connectivity index (χ0v) is 17.6. The van der Waals surface area contributed by atoms with Gasteiger partial charge in [-0.3, -0.25) is 9.78 Å². The molecule has 0 saturated carbocycles. The number of esters is 1. The highest BCUT2D eigenvalue weighted by Gasteiger charge is 2.43. The van der Waals surface area contributed by atoms with Crippen LogP contribution in [-0.2, 0) is 22.4 Å². The van der Waals surface area contributed by atoms with Crippen molar-refractivity contribution in [1.82, 2.24) is 15.0 Å². The lowest BCUT2D eigenvalue weighted by atomic mass is 9.90. The summed E-state index contributed by atoms with van der Waals surface area (Å²) >= 11 is 1.79. The van der Waals surface area contributed by atoms with Crippen molar-refractivity contribution in [2.75, 3.05) is 24.6 Å². The first kappa shape index (κ1) is 18.5. The molecule has 1 aliphatic heterocycles. The second kappa shape index (κ2) is 7.06. The Balaban J connectivity index is 1.61. The molecule has 1 fully saturated rings. The summed E-state index contributed by atoms with van der Waals surface area (Å²) in [5.74, 6) is 1.54. The van der Waals surface area contributed by atoms with Gasteiger partial charge in [0.05, 0.1) is 17.4 Å². The van der Waals surface area contributed by atoms with E-state index in [4.69, 9.17) is 14.7 Å². The van der Waals surface area contributed by atoms with E-state index in [9.17, 15) is 4.79 Å². The SMILES string of the molecule is CCOC(=O)C1(C)CCN(c2nc(-c3cccnc3)nc3sc4c(c23)CCC4)C1. The zero-order valence-electron chi connectivity index (χ0n) is 16.8. The van der Waals surface area contributed by atoms with Crippen LogP contribution in [0.4, 0.5) is 5.82 Å². The molecule has 150 valence electrons. The number of nitrogens with zero attached hydrogens (tertiary/aromatic N) is 4. The molecule has 0 aromatic carbocycles. The van der Waals surface area contributed by atoms with Crippen LogP contribution in [0.25, 0.3) is 21.6 Å². The molecule has 6 nitrogen and oxygen atoms in total. The van der Waals surface area contributed by atoms with E-state index in [1.807, 2.05) is 26.0 Å². The summed E-state index contributed by atoms with van der Waals surface area (Å²) in [5, 5.41) is 1.18. The Labute approximate surface area is 174 Å². The number of carbonyl (C=O) groups is 1. The molecule has 3 aromatic rings. The molecule has 1 saturated heterocycles. The van der Waals surface area contributed by atoms with Crippen LogP contribution < -0.4 is 4.90 Å². The van der Waals surface area contributed by atoms with E-state index in [2.05, 4.69) is 9.88 Å². The van der Waals surface area contributed by atoms with E-state index in [0.717, 1.165) is 42.0 Å². The van der Waals surface area contributed by atoms with Crippen LogP contribution in [0.15, 0.2) is 24.5 Å². The predicted octanol–water partition coefficient (Wildman–Crippen LogP) is 4.02. The monoisotopic (exact) mass is 408 g/mol. The Bertz CT molecular complexity index is 1080. The zero-order chi connectivity index (χ0) is 20.0. The number of pyridine rings is 1. The van der Waals surface area contributed by atoms with Gasteiger partial charge in [-0.25, -0.2) is 9.97 Å². The van der Waals surface area contributed by atoms with Crippen molar-refractivity contribution in [3.63, 3.8) is 0 Å². The van der Waals surface area contributed by atoms with Gasteiger partial charge < -0.3 is 9.64 Å². The highest BCUT2D eigenvalue weighted by atomic mass is 32.1. The number of aryl methyl sites for hydroxylation is 2. The lowest BCUT2D eigenvalue weighted by molar-refractivity contribution is -0.153. The van der Waals surface area contributed by atoms with Crippen LogP contribution in [0.3, 0.4) is 0 Å². The minimum atomic E-state index is -0.499. The van der Waals surface area contributed by atoms with Crippen molar-refractivity contribution >= 4 is 33.3 Å². The van der Waals surface area contributed by atoms with Crippen LogP contribution in [-0.4, -0.2) is 40.6 Å². The number of hydrogen-bond donors (Lipinski definition) is 0. The van der Waals surface area contributed by atoms with E-state index >= 15 is 0 Å². The highest BCUT2D eigenvalue weighted by molar-refractivity contribution is 7.19. The molecule has 1 unspecified atom stereocenters. The highest BCUT2D eigenvalue weighted by Crippen LogP contribution is 2.44. The standard InChI is InChI=1S/C22H24N4O2S/c1-3-28-21(27)22(2)9-11-26(13-22)19-17-15-7-4-8-16(15)29-20(17)25-18(24-19)14-6-5-10-23-12-14/h5-6,10,12H,3-4,7-9,11,13H2,1-2H3. The van der Waals surface area contributed by atoms with Crippen molar-refractivity contribution in [1.29, 1.82) is 0 Å². The number of carbonyl (C=O) groups excluding carboxylic acids is 1. The van der Waals surface area contributed by atoms with Gasteiger partial charge in [0.2, 0.25) is 0 Å². The molecule has 29 heavy (non-hydrogen) atoms. The number of ether oxygens (including phenoxy) is 1. The van der Waals surface area contributed by atoms with Crippen molar-refractivity contribution < 1.29 is 9.53 Å². The summed E-state index contributed by atoms with van der Waals surface area (Å²) in [7, 11) is 0. The number of hydrogen-bond acceptors (Lipinski definition) is 7. The fourth-order valence-corrected chi connectivity index (χ4v) is 5.70. The third-order valence-electron chi connectivity index (χ3n) is 6.01. The van der Waals surface area contributed by atoms with E-state index < -0.39 is 5.41 Å². The molecule has 1 aliphatic carbocycles. The quantitative estimate of drug-likeness (QED) is 0.608. The second-order valence-electron chi connectivity index (χ2n) is 8.10. The maximum absolute atomic E-state index is 12.5. The van der Waals surface area contributed by atoms with Gasteiger partial charge in [0, 0.05) is 35.9 Å². The van der Waals surface area contributed by atoms with Gasteiger partial charge in [-0.2, -0.15) is 0 Å². The normalized spacial score (nSPS) is 21.0. The molecule has 2 aliphatic rings. The summed E-state index contributed by atoms with van der Waals surface area (Å²) < 4.78 is 5.35. The van der Waals surface area contributed by atoms with Gasteiger partial charge >= 0.3 is 5.97 Å². The minimum absolute atomic E-state index is 0.115. The van der Waals surface area contributed by atoms with Crippen LogP contribution in [0, 0.1) is 5.41 Å². The van der Waals surface area contributed by atoms with Crippen molar-refractivity contribution in [3.8, 4) is 11.4 Å². The van der Waals surface area contributed by atoms with Crippen LogP contribution in [0.5, 0.6) is 0 Å². The van der Waals surface area contributed by atoms with Gasteiger partial charge in [0.25, 0.3) is 0 Å². The third kappa shape index (κ3) is 3.08. The van der Waals surface area contributed by atoms with Crippen molar-refractivity contribution in [3.05, 3.63) is 35.0 Å². The summed E-state index contributed by atoms with van der Waals surface area (Å²) in [6, 6.07) is 3.90. The number of anilines is 1. The fraction of sp³-hybridized carbons (Fsp3) is 0.455. The lowest BCUT2D eigenvalue weighted by Gasteiger charge is -2.24. The molecule has 7 heteroatoms. The molecule has 0 N–H and O–H groups in total. The first-order valence-corrected chi connectivity index (χ1v) is 11.1. The summed E-state index contributed by atoms with van der Waals surface area (Å²) in [5.41, 5.74) is 1.82. The molecule has 0 spiro atoms. The molecule has 5 rings (SSSR count). The molecule has 1 atom stereocenters. The predicted molar refractivity (Wildman–Crippen MR) is 114 cm³/mol. The topological polar surface area (TPSA) is 68.2 Å². The molecule has 4 heterocycles. The number of thiophene rings is 1. The Kier molecular flexibility index (Phi) is 4.50. The van der Waals surface area contributed by atoms with Gasteiger partial charge in [0.1, 0.15) is 10.6 Å². The third-order valence-corrected chi connectivity index (χ3v) is 7.19. The maximum atomic E-state index is 12.5. The second-order valence-corrected chi connectivity index (χ2v) is 9.19. The summed E-state index contributed by atoms with van der Waals surface area (Å²) in [4.78, 5) is 31.4. The van der Waals surface area contributed by atoms with Crippen LogP contribution in [0.2, 0.25) is 0 Å². The summed E-state index contributed by atoms with van der Waals surface area (Å²) in [6.07, 6.45) is 7.74. The van der Waals surface area contributed by atoms with E-state index in [0.29, 0.717) is 19.0 Å². The first-order valence-electron chi connectivity index (χ1n) is 10.2. The Morgan fingerprint density at radius 1 is 1.34 bits per heavy atom. The number of fused-ring (bicyclic) bond motifs is 3. The largest absolute Gasteiger partial charge is 0.466 e. The molecular formula is C22H24N4O2S. The summed E-state index contributed by atoms with van der Waals surface area (Å²) in [6.45, 7) is 5.68. The first-order chi connectivity index (χ1) is 14.1. The molecule has 0 bridgehead atoms. The molecule has 3 aromatic heterocycles. The average molecular weight is 409 g/mol. The maximum Gasteiger partial charge on any atom is 0.313 e. The molecule has 0 radical (unpaired) electrons. The van der Waals surface area contributed by atoms with Crippen molar-refractivity contribution in [2.45, 2.75) is 39.5 Å². The Morgan fingerprint density at radius 2 is 2.24 bits per heavy atom. The average Bonchev–Trinajstić information content (AvgIpc) is 3.43. The number of aromatic nitrogens is 3. The lowest BCUT2D eigenvalue weighted by Crippen LogP contribution is -2.34. The number of rotatable bonds is 4. The molecule has 0 amide bonds.